The first kappa shape index (κ1) is 16.5. The van der Waals surface area contributed by atoms with Gasteiger partial charge in [0.25, 0.3) is 0 Å². The minimum Gasteiger partial charge on any atom is -0.0679 e. The van der Waals surface area contributed by atoms with Gasteiger partial charge in [0, 0.05) is 0 Å². The van der Waals surface area contributed by atoms with E-state index in [9.17, 15) is 0 Å². The molecule has 3 rings (SSSR count). The summed E-state index contributed by atoms with van der Waals surface area (Å²) in [6, 6.07) is 17.8. The summed E-state index contributed by atoms with van der Waals surface area (Å²) in [5, 5.41) is 0. The molecule has 0 saturated heterocycles. The highest BCUT2D eigenvalue weighted by molar-refractivity contribution is 6.18. The number of allylic oxidation sites excluding steroid dienone is 6. The lowest BCUT2D eigenvalue weighted by atomic mass is 9.68. The van der Waals surface area contributed by atoms with E-state index in [-0.39, 0.29) is 0 Å². The van der Waals surface area contributed by atoms with E-state index in [4.69, 9.17) is 0 Å². The lowest BCUT2D eigenvalue weighted by Crippen LogP contribution is -2.14. The fourth-order valence-electron chi connectivity index (χ4n) is 3.46. The van der Waals surface area contributed by atoms with Crippen molar-refractivity contribution in [2.45, 2.75) is 41.5 Å². The van der Waals surface area contributed by atoms with Crippen LogP contribution in [-0.4, -0.2) is 0 Å². The monoisotopic (exact) mass is 314 g/mol. The summed E-state index contributed by atoms with van der Waals surface area (Å²) in [7, 11) is 0. The smallest absolute Gasteiger partial charge is 0.00210 e. The summed E-state index contributed by atoms with van der Waals surface area (Å²) >= 11 is 0. The second kappa shape index (κ2) is 6.28. The third kappa shape index (κ3) is 2.78. The Morgan fingerprint density at radius 2 is 0.792 bits per heavy atom. The molecule has 0 saturated carbocycles. The van der Waals surface area contributed by atoms with Gasteiger partial charge in [-0.2, -0.15) is 0 Å². The zero-order valence-electron chi connectivity index (χ0n) is 15.6. The molecule has 0 N–H and O–H groups in total. The van der Waals surface area contributed by atoms with Crippen molar-refractivity contribution < 1.29 is 0 Å². The fraction of sp³-hybridized carbons (Fsp3) is 0.250. The van der Waals surface area contributed by atoms with Gasteiger partial charge in [-0.05, 0) is 75.0 Å². The quantitative estimate of drug-likeness (QED) is 0.565. The minimum atomic E-state index is 1.30. The molecule has 1 aliphatic rings. The maximum Gasteiger partial charge on any atom is -0.00210 e. The number of aryl methyl sites for hydroxylation is 2. The Morgan fingerprint density at radius 1 is 0.500 bits per heavy atom. The molecular weight excluding hydrogens is 288 g/mol. The van der Waals surface area contributed by atoms with Crippen LogP contribution in [-0.2, 0) is 0 Å². The standard InChI is InChI=1S/C24H26/c1-15(2)21-22(16(3)4)24(20-13-9-18(6)10-14-20)23(21)19-11-7-17(5)8-12-19/h7-14H,1-6H3. The van der Waals surface area contributed by atoms with Crippen molar-refractivity contribution in [1.82, 2.24) is 0 Å². The number of hydrogen-bond donors (Lipinski definition) is 0. The normalized spacial score (nSPS) is 13.9. The number of benzene rings is 2. The Kier molecular flexibility index (Phi) is 4.32. The molecule has 0 amide bonds. The zero-order valence-corrected chi connectivity index (χ0v) is 15.6. The van der Waals surface area contributed by atoms with Gasteiger partial charge in [0.2, 0.25) is 0 Å². The first-order chi connectivity index (χ1) is 11.4. The molecule has 0 atom stereocenters. The molecule has 0 aromatic heterocycles. The van der Waals surface area contributed by atoms with Crippen LogP contribution in [0.2, 0.25) is 0 Å². The first-order valence-electron chi connectivity index (χ1n) is 8.64. The highest BCUT2D eigenvalue weighted by atomic mass is 14.4. The van der Waals surface area contributed by atoms with Crippen LogP contribution in [0, 0.1) is 13.8 Å². The van der Waals surface area contributed by atoms with E-state index in [1.54, 1.807) is 0 Å². The molecule has 0 bridgehead atoms. The summed E-state index contributed by atoms with van der Waals surface area (Å²) in [6.45, 7) is 13.2. The Bertz CT molecular complexity index is 783. The van der Waals surface area contributed by atoms with Crippen LogP contribution in [0.1, 0.15) is 49.9 Å². The van der Waals surface area contributed by atoms with Crippen molar-refractivity contribution in [1.29, 1.82) is 0 Å². The molecule has 122 valence electrons. The summed E-state index contributed by atoms with van der Waals surface area (Å²) < 4.78 is 0. The summed E-state index contributed by atoms with van der Waals surface area (Å²) in [4.78, 5) is 0. The highest BCUT2D eigenvalue weighted by Crippen LogP contribution is 2.53. The summed E-state index contributed by atoms with van der Waals surface area (Å²) in [5.41, 5.74) is 13.7. The summed E-state index contributed by atoms with van der Waals surface area (Å²) in [6.07, 6.45) is 0. The van der Waals surface area contributed by atoms with Crippen LogP contribution in [0.3, 0.4) is 0 Å². The molecule has 0 radical (unpaired) electrons. The van der Waals surface area contributed by atoms with Crippen LogP contribution in [0.4, 0.5) is 0 Å². The van der Waals surface area contributed by atoms with Crippen molar-refractivity contribution in [2.24, 2.45) is 0 Å². The van der Waals surface area contributed by atoms with Crippen molar-refractivity contribution in [2.75, 3.05) is 0 Å². The molecule has 0 fully saturated rings. The van der Waals surface area contributed by atoms with Gasteiger partial charge < -0.3 is 0 Å². The topological polar surface area (TPSA) is 0 Å². The predicted molar refractivity (Wildman–Crippen MR) is 106 cm³/mol. The second-order valence-corrected chi connectivity index (χ2v) is 7.23. The maximum absolute atomic E-state index is 2.25. The maximum atomic E-state index is 2.25. The zero-order chi connectivity index (χ0) is 17.4. The van der Waals surface area contributed by atoms with Gasteiger partial charge in [0.15, 0.2) is 0 Å². The largest absolute Gasteiger partial charge is 0.0679 e. The van der Waals surface area contributed by atoms with Crippen LogP contribution in [0.15, 0.2) is 70.8 Å². The lowest BCUT2D eigenvalue weighted by Gasteiger charge is -2.35. The predicted octanol–water partition coefficient (Wildman–Crippen LogP) is 6.90. The van der Waals surface area contributed by atoms with Gasteiger partial charge in [0.1, 0.15) is 0 Å². The molecule has 0 nitrogen and oxygen atoms in total. The Labute approximate surface area is 146 Å². The van der Waals surface area contributed by atoms with Crippen molar-refractivity contribution in [3.05, 3.63) is 93.1 Å². The van der Waals surface area contributed by atoms with Crippen LogP contribution < -0.4 is 0 Å². The van der Waals surface area contributed by atoms with E-state index in [0.717, 1.165) is 0 Å². The van der Waals surface area contributed by atoms with Crippen molar-refractivity contribution in [3.8, 4) is 0 Å². The van der Waals surface area contributed by atoms with E-state index < -0.39 is 0 Å². The van der Waals surface area contributed by atoms with Crippen LogP contribution in [0.25, 0.3) is 11.1 Å². The highest BCUT2D eigenvalue weighted by Gasteiger charge is 2.32. The average molecular weight is 314 g/mol. The molecule has 1 aliphatic carbocycles. The minimum absolute atomic E-state index is 1.30. The number of hydrogen-bond acceptors (Lipinski definition) is 0. The van der Waals surface area contributed by atoms with E-state index >= 15 is 0 Å². The lowest BCUT2D eigenvalue weighted by molar-refractivity contribution is 1.23. The molecule has 0 spiro atoms. The molecule has 2 aromatic rings. The fourth-order valence-corrected chi connectivity index (χ4v) is 3.46. The van der Waals surface area contributed by atoms with E-state index in [1.165, 1.54) is 55.7 Å². The Morgan fingerprint density at radius 3 is 1.04 bits per heavy atom. The van der Waals surface area contributed by atoms with Crippen LogP contribution in [0.5, 0.6) is 0 Å². The van der Waals surface area contributed by atoms with Gasteiger partial charge in [0.05, 0.1) is 0 Å². The Hall–Kier alpha value is -2.34. The number of rotatable bonds is 2. The third-order valence-electron chi connectivity index (χ3n) is 4.68. The molecular formula is C24H26. The van der Waals surface area contributed by atoms with Gasteiger partial charge in [-0.3, -0.25) is 0 Å². The molecule has 0 heteroatoms. The van der Waals surface area contributed by atoms with E-state index in [2.05, 4.69) is 90.1 Å². The average Bonchev–Trinajstić information content (AvgIpc) is 2.49. The molecule has 24 heavy (non-hydrogen) atoms. The van der Waals surface area contributed by atoms with Gasteiger partial charge >= 0.3 is 0 Å². The van der Waals surface area contributed by atoms with E-state index in [1.807, 2.05) is 0 Å². The third-order valence-corrected chi connectivity index (χ3v) is 4.68. The van der Waals surface area contributed by atoms with Crippen LogP contribution >= 0.6 is 0 Å². The Balaban J connectivity index is 2.31. The molecule has 0 aliphatic heterocycles. The SMILES string of the molecule is CC(C)=C1C(=C(C)C)C(c2ccc(C)cc2)=C1c1ccc(C)cc1. The van der Waals surface area contributed by atoms with Crippen molar-refractivity contribution >= 4 is 11.1 Å². The molecule has 0 heterocycles. The second-order valence-electron chi connectivity index (χ2n) is 7.23. The molecule has 2 aromatic carbocycles. The van der Waals surface area contributed by atoms with Crippen molar-refractivity contribution in [3.63, 3.8) is 0 Å². The van der Waals surface area contributed by atoms with E-state index in [0.29, 0.717) is 0 Å². The van der Waals surface area contributed by atoms with Gasteiger partial charge in [-0.15, -0.1) is 0 Å². The first-order valence-corrected chi connectivity index (χ1v) is 8.64. The molecule has 0 unspecified atom stereocenters. The van der Waals surface area contributed by atoms with Gasteiger partial charge in [-0.1, -0.05) is 70.8 Å². The van der Waals surface area contributed by atoms with Gasteiger partial charge in [-0.25, -0.2) is 0 Å². The summed E-state index contributed by atoms with van der Waals surface area (Å²) in [5.74, 6) is 0.